The molecule has 0 aliphatic heterocycles. The fourth-order valence-corrected chi connectivity index (χ4v) is 2.07. The minimum atomic E-state index is -0.0449. The Labute approximate surface area is 107 Å². The monoisotopic (exact) mass is 249 g/mol. The molecule has 5 heteroatoms. The molecule has 1 fully saturated rings. The minimum absolute atomic E-state index is 0.0449. The summed E-state index contributed by atoms with van der Waals surface area (Å²) in [6.07, 6.45) is 2.08. The van der Waals surface area contributed by atoms with E-state index in [9.17, 15) is 4.79 Å². The number of carbonyl (C=O) groups excluding carboxylic acids is 1. The topological polar surface area (TPSA) is 63.2 Å². The normalized spacial score (nSPS) is 22.2. The molecule has 1 aromatic rings. The highest BCUT2D eigenvalue weighted by Gasteiger charge is 2.30. The molecule has 0 aromatic carbocycles. The molecule has 0 saturated heterocycles. The first-order valence-electron chi connectivity index (χ1n) is 6.12. The van der Waals surface area contributed by atoms with Gasteiger partial charge in [-0.3, -0.25) is 4.79 Å². The second-order valence-corrected chi connectivity index (χ2v) is 4.63. The maximum absolute atomic E-state index is 12.1. The summed E-state index contributed by atoms with van der Waals surface area (Å²) < 4.78 is 5.19. The summed E-state index contributed by atoms with van der Waals surface area (Å²) in [5.74, 6) is 0.667. The van der Waals surface area contributed by atoms with Crippen molar-refractivity contribution >= 4 is 11.7 Å². The van der Waals surface area contributed by atoms with Gasteiger partial charge in [-0.2, -0.15) is 0 Å². The average molecular weight is 249 g/mol. The van der Waals surface area contributed by atoms with Crippen LogP contribution in [0.3, 0.4) is 0 Å². The Morgan fingerprint density at radius 3 is 2.78 bits per heavy atom. The molecular formula is C13H19N3O2. The van der Waals surface area contributed by atoms with Crippen molar-refractivity contribution in [3.8, 4) is 0 Å². The molecule has 0 atom stereocenters. The number of methoxy groups -OCH3 is 1. The van der Waals surface area contributed by atoms with Gasteiger partial charge in [-0.1, -0.05) is 0 Å². The highest BCUT2D eigenvalue weighted by atomic mass is 16.5. The number of hydrogen-bond donors (Lipinski definition) is 2. The highest BCUT2D eigenvalue weighted by molar-refractivity contribution is 5.95. The van der Waals surface area contributed by atoms with E-state index in [0.29, 0.717) is 17.5 Å². The molecule has 18 heavy (non-hydrogen) atoms. The number of hydrogen-bond acceptors (Lipinski definition) is 4. The second-order valence-electron chi connectivity index (χ2n) is 4.63. The van der Waals surface area contributed by atoms with E-state index in [4.69, 9.17) is 4.74 Å². The van der Waals surface area contributed by atoms with Gasteiger partial charge in [0.1, 0.15) is 5.82 Å². The number of anilines is 1. The number of carbonyl (C=O) groups is 1. The second kappa shape index (κ2) is 5.35. The molecule has 1 heterocycles. The van der Waals surface area contributed by atoms with Crippen LogP contribution in [0.2, 0.25) is 0 Å². The van der Waals surface area contributed by atoms with Crippen molar-refractivity contribution in [3.63, 3.8) is 0 Å². The number of rotatable bonds is 4. The van der Waals surface area contributed by atoms with Gasteiger partial charge in [0.15, 0.2) is 0 Å². The van der Waals surface area contributed by atoms with Crippen LogP contribution in [0.25, 0.3) is 0 Å². The smallest absolute Gasteiger partial charge is 0.251 e. The Bertz CT molecular complexity index is 442. The standard InChI is InChI=1S/C13H19N3O2/c1-8-4-9(5-12(14-2)15-8)13(17)16-10-6-11(7-10)18-3/h4-5,10-11H,6-7H2,1-3H3,(H,14,15)(H,16,17). The van der Waals surface area contributed by atoms with Crippen LogP contribution in [0.4, 0.5) is 5.82 Å². The maximum atomic E-state index is 12.1. The summed E-state index contributed by atoms with van der Waals surface area (Å²) in [5.41, 5.74) is 1.48. The van der Waals surface area contributed by atoms with Gasteiger partial charge in [0.05, 0.1) is 6.10 Å². The predicted octanol–water partition coefficient (Wildman–Crippen LogP) is 1.34. The van der Waals surface area contributed by atoms with Gasteiger partial charge < -0.3 is 15.4 Å². The van der Waals surface area contributed by atoms with E-state index in [-0.39, 0.29) is 11.9 Å². The molecule has 5 nitrogen and oxygen atoms in total. The number of amides is 1. The lowest BCUT2D eigenvalue weighted by molar-refractivity contribution is 0.0176. The van der Waals surface area contributed by atoms with Crippen molar-refractivity contribution in [1.82, 2.24) is 10.3 Å². The molecule has 1 saturated carbocycles. The van der Waals surface area contributed by atoms with Crippen LogP contribution in [0.5, 0.6) is 0 Å². The molecule has 1 aliphatic rings. The fourth-order valence-electron chi connectivity index (χ4n) is 2.07. The third kappa shape index (κ3) is 2.79. The van der Waals surface area contributed by atoms with E-state index < -0.39 is 0 Å². The van der Waals surface area contributed by atoms with Crippen LogP contribution in [0, 0.1) is 6.92 Å². The molecule has 2 rings (SSSR count). The van der Waals surface area contributed by atoms with Crippen molar-refractivity contribution < 1.29 is 9.53 Å². The van der Waals surface area contributed by atoms with Crippen molar-refractivity contribution in [1.29, 1.82) is 0 Å². The number of aryl methyl sites for hydroxylation is 1. The van der Waals surface area contributed by atoms with Crippen LogP contribution in [0.1, 0.15) is 28.9 Å². The molecule has 0 unspecified atom stereocenters. The Hall–Kier alpha value is -1.62. The summed E-state index contributed by atoms with van der Waals surface area (Å²) in [6.45, 7) is 1.88. The molecular weight excluding hydrogens is 230 g/mol. The van der Waals surface area contributed by atoms with E-state index in [0.717, 1.165) is 18.5 Å². The van der Waals surface area contributed by atoms with E-state index >= 15 is 0 Å². The van der Waals surface area contributed by atoms with Gasteiger partial charge in [0.2, 0.25) is 0 Å². The maximum Gasteiger partial charge on any atom is 0.251 e. The molecule has 0 bridgehead atoms. The van der Waals surface area contributed by atoms with Crippen molar-refractivity contribution in [3.05, 3.63) is 23.4 Å². The Morgan fingerprint density at radius 1 is 1.44 bits per heavy atom. The van der Waals surface area contributed by atoms with Crippen LogP contribution >= 0.6 is 0 Å². The van der Waals surface area contributed by atoms with Gasteiger partial charge >= 0.3 is 0 Å². The molecule has 0 spiro atoms. The molecule has 2 N–H and O–H groups in total. The first kappa shape index (κ1) is 12.8. The molecule has 1 aliphatic carbocycles. The first-order chi connectivity index (χ1) is 8.62. The van der Waals surface area contributed by atoms with Crippen molar-refractivity contribution in [2.75, 3.05) is 19.5 Å². The summed E-state index contributed by atoms with van der Waals surface area (Å²) in [5, 5.41) is 5.95. The highest BCUT2D eigenvalue weighted by Crippen LogP contribution is 2.23. The largest absolute Gasteiger partial charge is 0.381 e. The van der Waals surface area contributed by atoms with Crippen molar-refractivity contribution in [2.24, 2.45) is 0 Å². The number of aromatic nitrogens is 1. The summed E-state index contributed by atoms with van der Waals surface area (Å²) in [7, 11) is 3.49. The van der Waals surface area contributed by atoms with Crippen LogP contribution in [-0.4, -0.2) is 37.2 Å². The summed E-state index contributed by atoms with van der Waals surface area (Å²) in [4.78, 5) is 16.3. The molecule has 1 aromatic heterocycles. The average Bonchev–Trinajstić information content (AvgIpc) is 2.32. The Balaban J connectivity index is 1.98. The lowest BCUT2D eigenvalue weighted by Gasteiger charge is -2.34. The van der Waals surface area contributed by atoms with Gasteiger partial charge in [-0.15, -0.1) is 0 Å². The number of nitrogens with zero attached hydrogens (tertiary/aromatic N) is 1. The van der Waals surface area contributed by atoms with Gasteiger partial charge in [0.25, 0.3) is 5.91 Å². The number of pyridine rings is 1. The zero-order chi connectivity index (χ0) is 13.1. The van der Waals surface area contributed by atoms with Crippen LogP contribution < -0.4 is 10.6 Å². The Morgan fingerprint density at radius 2 is 2.17 bits per heavy atom. The third-order valence-electron chi connectivity index (χ3n) is 3.24. The quantitative estimate of drug-likeness (QED) is 0.845. The number of nitrogens with one attached hydrogen (secondary N) is 2. The lowest BCUT2D eigenvalue weighted by atomic mass is 9.89. The molecule has 98 valence electrons. The summed E-state index contributed by atoms with van der Waals surface area (Å²) in [6, 6.07) is 3.78. The van der Waals surface area contributed by atoms with Crippen molar-refractivity contribution in [2.45, 2.75) is 31.9 Å². The molecule has 1 amide bonds. The minimum Gasteiger partial charge on any atom is -0.381 e. The van der Waals surface area contributed by atoms with E-state index in [1.54, 1.807) is 26.3 Å². The number of ether oxygens (including phenoxy) is 1. The lowest BCUT2D eigenvalue weighted by Crippen LogP contribution is -2.47. The van der Waals surface area contributed by atoms with Crippen LogP contribution in [-0.2, 0) is 4.74 Å². The van der Waals surface area contributed by atoms with Crippen LogP contribution in [0.15, 0.2) is 12.1 Å². The van der Waals surface area contributed by atoms with Gasteiger partial charge in [-0.25, -0.2) is 4.98 Å². The SMILES string of the molecule is CNc1cc(C(=O)NC2CC(OC)C2)cc(C)n1. The van der Waals surface area contributed by atoms with E-state index in [1.165, 1.54) is 0 Å². The zero-order valence-corrected chi connectivity index (χ0v) is 11.0. The first-order valence-corrected chi connectivity index (χ1v) is 6.12. The summed E-state index contributed by atoms with van der Waals surface area (Å²) >= 11 is 0. The zero-order valence-electron chi connectivity index (χ0n) is 11.0. The van der Waals surface area contributed by atoms with E-state index in [1.807, 2.05) is 6.92 Å². The predicted molar refractivity (Wildman–Crippen MR) is 69.8 cm³/mol. The van der Waals surface area contributed by atoms with E-state index in [2.05, 4.69) is 15.6 Å². The Kier molecular flexibility index (Phi) is 3.81. The van der Waals surface area contributed by atoms with Gasteiger partial charge in [-0.05, 0) is 31.9 Å². The fraction of sp³-hybridized carbons (Fsp3) is 0.538. The third-order valence-corrected chi connectivity index (χ3v) is 3.24. The molecule has 0 radical (unpaired) electrons. The van der Waals surface area contributed by atoms with Gasteiger partial charge in [0, 0.05) is 31.5 Å².